The number of amides is 1. The van der Waals surface area contributed by atoms with E-state index < -0.39 is 0 Å². The summed E-state index contributed by atoms with van der Waals surface area (Å²) in [5.41, 5.74) is 2.33. The third-order valence-corrected chi connectivity index (χ3v) is 6.04. The van der Waals surface area contributed by atoms with Gasteiger partial charge in [0.25, 0.3) is 5.91 Å². The Balaban J connectivity index is 1.68. The Morgan fingerprint density at radius 3 is 2.69 bits per heavy atom. The molecule has 5 heteroatoms. The largest absolute Gasteiger partial charge is 0.348 e. The predicted molar refractivity (Wildman–Crippen MR) is 106 cm³/mol. The van der Waals surface area contributed by atoms with E-state index in [4.69, 9.17) is 5.10 Å². The van der Waals surface area contributed by atoms with Crippen LogP contribution in [0.3, 0.4) is 0 Å². The number of carbonyl (C=O) groups excluding carboxylic acids is 1. The molecule has 2 unspecified atom stereocenters. The van der Waals surface area contributed by atoms with Crippen molar-refractivity contribution in [1.29, 1.82) is 0 Å². The molecule has 0 radical (unpaired) electrons. The van der Waals surface area contributed by atoms with Crippen LogP contribution in [-0.4, -0.2) is 21.7 Å². The van der Waals surface area contributed by atoms with Gasteiger partial charge in [-0.3, -0.25) is 4.79 Å². The second kappa shape index (κ2) is 7.46. The lowest BCUT2D eigenvalue weighted by Crippen LogP contribution is -2.41. The number of para-hydroxylation sites is 1. The van der Waals surface area contributed by atoms with Crippen molar-refractivity contribution in [3.05, 3.63) is 59.6 Å². The SMILES string of the molecule is CC1CCCCC1NC(=O)c1cc(-c2cccs2)nn1-c1ccccc1. The van der Waals surface area contributed by atoms with Crippen LogP contribution >= 0.6 is 11.3 Å². The Bertz CT molecular complexity index is 870. The van der Waals surface area contributed by atoms with Gasteiger partial charge in [0.15, 0.2) is 0 Å². The maximum Gasteiger partial charge on any atom is 0.270 e. The maximum atomic E-state index is 13.1. The van der Waals surface area contributed by atoms with E-state index in [2.05, 4.69) is 12.2 Å². The molecular formula is C21H23N3OS. The number of hydrogen-bond acceptors (Lipinski definition) is 3. The number of benzene rings is 1. The van der Waals surface area contributed by atoms with Crippen molar-refractivity contribution >= 4 is 17.2 Å². The van der Waals surface area contributed by atoms with E-state index in [0.717, 1.165) is 22.7 Å². The molecule has 3 aromatic rings. The summed E-state index contributed by atoms with van der Waals surface area (Å²) in [6.07, 6.45) is 4.69. The molecule has 1 aliphatic carbocycles. The molecule has 2 aromatic heterocycles. The second-order valence-corrected chi connectivity index (χ2v) is 7.93. The zero-order valence-electron chi connectivity index (χ0n) is 14.9. The molecule has 26 heavy (non-hydrogen) atoms. The number of aromatic nitrogens is 2. The zero-order valence-corrected chi connectivity index (χ0v) is 15.7. The summed E-state index contributed by atoms with van der Waals surface area (Å²) in [4.78, 5) is 14.1. The standard InChI is InChI=1S/C21H23N3OS/c1-15-8-5-6-11-17(15)22-21(25)19-14-18(20-12-7-13-26-20)23-24(19)16-9-3-2-4-10-16/h2-4,7,9-10,12-15,17H,5-6,8,11H2,1H3,(H,22,25). The van der Waals surface area contributed by atoms with Gasteiger partial charge in [-0.25, -0.2) is 4.68 Å². The molecule has 0 bridgehead atoms. The molecule has 0 spiro atoms. The fraction of sp³-hybridized carbons (Fsp3) is 0.333. The van der Waals surface area contributed by atoms with E-state index in [1.807, 2.05) is 53.9 Å². The van der Waals surface area contributed by atoms with Crippen LogP contribution in [0.5, 0.6) is 0 Å². The molecule has 0 aliphatic heterocycles. The van der Waals surface area contributed by atoms with Gasteiger partial charge in [0.05, 0.1) is 10.6 Å². The van der Waals surface area contributed by atoms with Crippen molar-refractivity contribution in [3.63, 3.8) is 0 Å². The second-order valence-electron chi connectivity index (χ2n) is 6.98. The number of carbonyl (C=O) groups is 1. The Hall–Kier alpha value is -2.40. The van der Waals surface area contributed by atoms with Crippen molar-refractivity contribution in [1.82, 2.24) is 15.1 Å². The first kappa shape index (κ1) is 17.0. The van der Waals surface area contributed by atoms with E-state index >= 15 is 0 Å². The molecule has 1 amide bonds. The van der Waals surface area contributed by atoms with E-state index in [1.165, 1.54) is 19.3 Å². The van der Waals surface area contributed by atoms with Crippen molar-refractivity contribution in [2.75, 3.05) is 0 Å². The topological polar surface area (TPSA) is 46.9 Å². The first-order valence-electron chi connectivity index (χ1n) is 9.22. The summed E-state index contributed by atoms with van der Waals surface area (Å²) in [6, 6.07) is 16.0. The molecular weight excluding hydrogens is 342 g/mol. The molecule has 1 aromatic carbocycles. The third-order valence-electron chi connectivity index (χ3n) is 5.14. The predicted octanol–water partition coefficient (Wildman–Crippen LogP) is 4.91. The molecule has 4 rings (SSSR count). The third kappa shape index (κ3) is 3.44. The van der Waals surface area contributed by atoms with Crippen LogP contribution in [0.2, 0.25) is 0 Å². The van der Waals surface area contributed by atoms with Gasteiger partial charge < -0.3 is 5.32 Å². The number of rotatable bonds is 4. The molecule has 0 saturated heterocycles. The molecule has 134 valence electrons. The Morgan fingerprint density at radius 1 is 1.15 bits per heavy atom. The first-order chi connectivity index (χ1) is 12.7. The maximum absolute atomic E-state index is 13.1. The average Bonchev–Trinajstić information content (AvgIpc) is 3.34. The fourth-order valence-corrected chi connectivity index (χ4v) is 4.31. The summed E-state index contributed by atoms with van der Waals surface area (Å²) in [6.45, 7) is 2.23. The Morgan fingerprint density at radius 2 is 1.96 bits per heavy atom. The highest BCUT2D eigenvalue weighted by atomic mass is 32.1. The van der Waals surface area contributed by atoms with E-state index in [9.17, 15) is 4.79 Å². The van der Waals surface area contributed by atoms with Gasteiger partial charge in [0.1, 0.15) is 11.4 Å². The minimum atomic E-state index is -0.0390. The highest BCUT2D eigenvalue weighted by Crippen LogP contribution is 2.27. The highest BCUT2D eigenvalue weighted by Gasteiger charge is 2.25. The smallest absolute Gasteiger partial charge is 0.270 e. The average molecular weight is 366 g/mol. The van der Waals surface area contributed by atoms with Gasteiger partial charge in [-0.1, -0.05) is 44.0 Å². The fourth-order valence-electron chi connectivity index (χ4n) is 3.63. The lowest BCUT2D eigenvalue weighted by molar-refractivity contribution is 0.0902. The summed E-state index contributed by atoms with van der Waals surface area (Å²) in [5.74, 6) is 0.487. The molecule has 1 fully saturated rings. The Labute approximate surface area is 157 Å². The normalized spacial score (nSPS) is 20.0. The van der Waals surface area contributed by atoms with Crippen molar-refractivity contribution in [3.8, 4) is 16.3 Å². The first-order valence-corrected chi connectivity index (χ1v) is 10.1. The van der Waals surface area contributed by atoms with Gasteiger partial charge >= 0.3 is 0 Å². The quantitative estimate of drug-likeness (QED) is 0.714. The lowest BCUT2D eigenvalue weighted by Gasteiger charge is -2.29. The van der Waals surface area contributed by atoms with E-state index in [-0.39, 0.29) is 11.9 Å². The summed E-state index contributed by atoms with van der Waals surface area (Å²) >= 11 is 1.63. The van der Waals surface area contributed by atoms with Crippen LogP contribution in [0.25, 0.3) is 16.3 Å². The van der Waals surface area contributed by atoms with Crippen molar-refractivity contribution in [2.45, 2.75) is 38.6 Å². The minimum Gasteiger partial charge on any atom is -0.348 e. The minimum absolute atomic E-state index is 0.0390. The van der Waals surface area contributed by atoms with Crippen LogP contribution in [0, 0.1) is 5.92 Å². The summed E-state index contributed by atoms with van der Waals surface area (Å²) in [7, 11) is 0. The Kier molecular flexibility index (Phi) is 4.89. The molecule has 4 nitrogen and oxygen atoms in total. The molecule has 2 atom stereocenters. The van der Waals surface area contributed by atoms with Crippen molar-refractivity contribution < 1.29 is 4.79 Å². The van der Waals surface area contributed by atoms with Crippen LogP contribution in [0.4, 0.5) is 0 Å². The van der Waals surface area contributed by atoms with Crippen LogP contribution < -0.4 is 5.32 Å². The van der Waals surface area contributed by atoms with Crippen LogP contribution in [-0.2, 0) is 0 Å². The summed E-state index contributed by atoms with van der Waals surface area (Å²) in [5, 5.41) is 10.0. The van der Waals surface area contributed by atoms with E-state index in [1.54, 1.807) is 16.0 Å². The van der Waals surface area contributed by atoms with Gasteiger partial charge in [0.2, 0.25) is 0 Å². The number of thiophene rings is 1. The number of nitrogens with zero attached hydrogens (tertiary/aromatic N) is 2. The molecule has 1 N–H and O–H groups in total. The molecule has 2 heterocycles. The lowest BCUT2D eigenvalue weighted by atomic mass is 9.86. The zero-order chi connectivity index (χ0) is 17.9. The van der Waals surface area contributed by atoms with Gasteiger partial charge in [-0.15, -0.1) is 11.3 Å². The summed E-state index contributed by atoms with van der Waals surface area (Å²) < 4.78 is 1.76. The van der Waals surface area contributed by atoms with Crippen LogP contribution in [0.1, 0.15) is 43.1 Å². The molecule has 1 aliphatic rings. The van der Waals surface area contributed by atoms with Gasteiger partial charge in [-0.2, -0.15) is 5.10 Å². The highest BCUT2D eigenvalue weighted by molar-refractivity contribution is 7.13. The van der Waals surface area contributed by atoms with Gasteiger partial charge in [0, 0.05) is 6.04 Å². The molecule has 1 saturated carbocycles. The van der Waals surface area contributed by atoms with E-state index in [0.29, 0.717) is 11.6 Å². The number of hydrogen-bond donors (Lipinski definition) is 1. The van der Waals surface area contributed by atoms with Gasteiger partial charge in [-0.05, 0) is 48.4 Å². The van der Waals surface area contributed by atoms with Crippen molar-refractivity contribution in [2.24, 2.45) is 5.92 Å². The van der Waals surface area contributed by atoms with Crippen LogP contribution in [0.15, 0.2) is 53.9 Å². The number of nitrogens with one attached hydrogen (secondary N) is 1. The monoisotopic (exact) mass is 365 g/mol.